The molecule has 6 rings (SSSR count). The molecule has 1 aromatic carbocycles. The van der Waals surface area contributed by atoms with Gasteiger partial charge in [0.05, 0.1) is 16.5 Å². The molecule has 2 unspecified atom stereocenters. The number of rotatable bonds is 2. The van der Waals surface area contributed by atoms with Gasteiger partial charge in [0.25, 0.3) is 5.91 Å². The summed E-state index contributed by atoms with van der Waals surface area (Å²) in [6, 6.07) is 6.16. The summed E-state index contributed by atoms with van der Waals surface area (Å²) in [4.78, 5) is 33.5. The van der Waals surface area contributed by atoms with Crippen LogP contribution in [0.5, 0.6) is 0 Å². The highest BCUT2D eigenvalue weighted by Crippen LogP contribution is 2.59. The number of amides is 1. The van der Waals surface area contributed by atoms with Gasteiger partial charge < -0.3 is 4.90 Å². The van der Waals surface area contributed by atoms with E-state index < -0.39 is 5.66 Å². The van der Waals surface area contributed by atoms with Crippen molar-refractivity contribution in [2.75, 3.05) is 37.6 Å². The molecule has 5 aliphatic heterocycles. The molecule has 2 atom stereocenters. The zero-order chi connectivity index (χ0) is 18.5. The first-order chi connectivity index (χ1) is 12.3. The maximum atomic E-state index is 13.7. The molecule has 0 saturated carbocycles. The lowest BCUT2D eigenvalue weighted by Gasteiger charge is -2.68. The molecule has 26 heavy (non-hydrogen) atoms. The van der Waals surface area contributed by atoms with Crippen molar-refractivity contribution in [1.29, 1.82) is 0 Å². The van der Waals surface area contributed by atoms with Gasteiger partial charge in [0.15, 0.2) is 5.66 Å². The summed E-state index contributed by atoms with van der Waals surface area (Å²) < 4.78 is 0.991. The van der Waals surface area contributed by atoms with Crippen LogP contribution in [0.3, 0.4) is 0 Å². The summed E-state index contributed by atoms with van der Waals surface area (Å²) in [5, 5.41) is 0. The van der Waals surface area contributed by atoms with Crippen molar-refractivity contribution in [3.8, 4) is 0 Å². The highest BCUT2D eigenvalue weighted by molar-refractivity contribution is 9.10. The average Bonchev–Trinajstić information content (AvgIpc) is 2.84. The van der Waals surface area contributed by atoms with E-state index in [2.05, 4.69) is 45.6 Å². The lowest BCUT2D eigenvalue weighted by Crippen LogP contribution is -2.83. The molecule has 4 saturated heterocycles. The summed E-state index contributed by atoms with van der Waals surface area (Å²) >= 11 is 3.60. The Kier molecular flexibility index (Phi) is 3.23. The molecule has 4 bridgehead atoms. The highest BCUT2D eigenvalue weighted by Gasteiger charge is 2.72. The van der Waals surface area contributed by atoms with E-state index in [1.807, 2.05) is 24.0 Å². The van der Waals surface area contributed by atoms with Crippen LogP contribution in [0.25, 0.3) is 0 Å². The molecule has 5 nitrogen and oxygen atoms in total. The van der Waals surface area contributed by atoms with Crippen molar-refractivity contribution in [2.24, 2.45) is 10.8 Å². The summed E-state index contributed by atoms with van der Waals surface area (Å²) in [6.07, 6.45) is 0.835. The minimum atomic E-state index is -0.742. The first-order valence-corrected chi connectivity index (χ1v) is 10.3. The topological polar surface area (TPSA) is 43.9 Å². The van der Waals surface area contributed by atoms with E-state index >= 15 is 0 Å². The van der Waals surface area contributed by atoms with Gasteiger partial charge in [-0.05, 0) is 31.5 Å². The number of nitrogens with zero attached hydrogens (tertiary/aromatic N) is 3. The van der Waals surface area contributed by atoms with Gasteiger partial charge in [0.1, 0.15) is 5.78 Å². The number of hydrogen-bond acceptors (Lipinski definition) is 4. The van der Waals surface area contributed by atoms with E-state index in [4.69, 9.17) is 0 Å². The number of ketones is 1. The predicted octanol–water partition coefficient (Wildman–Crippen LogP) is 2.59. The van der Waals surface area contributed by atoms with Crippen LogP contribution in [0, 0.1) is 10.8 Å². The minimum absolute atomic E-state index is 0.147. The molecule has 1 amide bonds. The molecular formula is C20H24BrN3O2. The fourth-order valence-corrected chi connectivity index (χ4v) is 6.48. The maximum absolute atomic E-state index is 13.7. The third-order valence-corrected chi connectivity index (χ3v) is 7.67. The van der Waals surface area contributed by atoms with Crippen molar-refractivity contribution in [1.82, 2.24) is 9.80 Å². The molecule has 1 aromatic rings. The molecule has 1 spiro atoms. The van der Waals surface area contributed by atoms with E-state index in [0.29, 0.717) is 38.5 Å². The molecule has 6 heteroatoms. The minimum Gasteiger partial charge on any atom is -0.309 e. The Morgan fingerprint density at radius 2 is 1.73 bits per heavy atom. The normalized spacial score (nSPS) is 42.8. The Labute approximate surface area is 162 Å². The van der Waals surface area contributed by atoms with Crippen LogP contribution in [-0.4, -0.2) is 54.2 Å². The fraction of sp³-hybridized carbons (Fsp3) is 0.600. The first kappa shape index (κ1) is 16.9. The molecule has 0 radical (unpaired) electrons. The summed E-state index contributed by atoms with van der Waals surface area (Å²) in [5.41, 5.74) is 0.635. The van der Waals surface area contributed by atoms with Crippen molar-refractivity contribution in [2.45, 2.75) is 32.9 Å². The number of halogens is 1. The van der Waals surface area contributed by atoms with E-state index in [1.54, 1.807) is 0 Å². The number of likely N-dealkylation sites (N-methyl/N-ethyl adjacent to an activating group) is 1. The monoisotopic (exact) mass is 417 g/mol. The molecule has 5 aliphatic rings. The van der Waals surface area contributed by atoms with Crippen molar-refractivity contribution >= 4 is 33.3 Å². The van der Waals surface area contributed by atoms with Gasteiger partial charge >= 0.3 is 0 Å². The second-order valence-corrected chi connectivity index (χ2v) is 9.53. The van der Waals surface area contributed by atoms with Crippen LogP contribution in [0.2, 0.25) is 0 Å². The van der Waals surface area contributed by atoms with Crippen LogP contribution in [0.1, 0.15) is 32.8 Å². The van der Waals surface area contributed by atoms with Crippen molar-refractivity contribution in [3.05, 3.63) is 28.2 Å². The van der Waals surface area contributed by atoms with Crippen molar-refractivity contribution < 1.29 is 9.59 Å². The van der Waals surface area contributed by atoms with E-state index in [9.17, 15) is 9.59 Å². The smallest absolute Gasteiger partial charge is 0.267 e. The van der Waals surface area contributed by atoms with Crippen LogP contribution in [0.4, 0.5) is 5.69 Å². The van der Waals surface area contributed by atoms with Gasteiger partial charge in [-0.3, -0.25) is 19.4 Å². The first-order valence-electron chi connectivity index (χ1n) is 9.49. The largest absolute Gasteiger partial charge is 0.309 e. The quantitative estimate of drug-likeness (QED) is 0.741. The number of carbonyl (C=O) groups excluding carboxylic acids is 2. The Hall–Kier alpha value is -1.24. The number of fused-ring (bicyclic) bond motifs is 1. The zero-order valence-corrected chi connectivity index (χ0v) is 17.1. The van der Waals surface area contributed by atoms with E-state index in [-0.39, 0.29) is 16.7 Å². The number of piperidine rings is 2. The van der Waals surface area contributed by atoms with Crippen molar-refractivity contribution in [3.63, 3.8) is 0 Å². The third kappa shape index (κ3) is 1.65. The van der Waals surface area contributed by atoms with Crippen LogP contribution in [-0.2, 0) is 15.3 Å². The predicted molar refractivity (Wildman–Crippen MR) is 103 cm³/mol. The van der Waals surface area contributed by atoms with Crippen LogP contribution < -0.4 is 4.90 Å². The molecule has 138 valence electrons. The number of hydrogen-bond donors (Lipinski definition) is 0. The van der Waals surface area contributed by atoms with Gasteiger partial charge in [0.2, 0.25) is 0 Å². The molecule has 4 fully saturated rings. The number of anilines is 1. The molecule has 0 N–H and O–H groups in total. The SMILES string of the molecule is CCN1C(=O)C2(c3cc(Br)ccc31)N1CC3(C)CN2CC(CC)(C1)C3=O. The average molecular weight is 418 g/mol. The summed E-state index contributed by atoms with van der Waals surface area (Å²) in [7, 11) is 0. The third-order valence-electron chi connectivity index (χ3n) is 7.17. The van der Waals surface area contributed by atoms with E-state index in [0.717, 1.165) is 22.1 Å². The summed E-state index contributed by atoms with van der Waals surface area (Å²) in [6.45, 7) is 9.59. The Morgan fingerprint density at radius 1 is 1.08 bits per heavy atom. The van der Waals surface area contributed by atoms with Gasteiger partial charge in [-0.25, -0.2) is 0 Å². The number of carbonyl (C=O) groups is 2. The summed E-state index contributed by atoms with van der Waals surface area (Å²) in [5.74, 6) is 0.552. The van der Waals surface area contributed by atoms with E-state index in [1.165, 1.54) is 0 Å². The lowest BCUT2D eigenvalue weighted by atomic mass is 9.58. The molecule has 0 aromatic heterocycles. The second-order valence-electron chi connectivity index (χ2n) is 8.62. The van der Waals surface area contributed by atoms with Gasteiger partial charge in [-0.1, -0.05) is 29.8 Å². The lowest BCUT2D eigenvalue weighted by molar-refractivity contribution is -0.231. The van der Waals surface area contributed by atoms with Gasteiger partial charge in [0, 0.05) is 42.8 Å². The number of benzene rings is 1. The zero-order valence-electron chi connectivity index (χ0n) is 15.5. The fourth-order valence-electron chi connectivity index (χ4n) is 6.11. The van der Waals surface area contributed by atoms with Crippen LogP contribution in [0.15, 0.2) is 22.7 Å². The van der Waals surface area contributed by atoms with Crippen LogP contribution >= 0.6 is 15.9 Å². The molecule has 0 aliphatic carbocycles. The molecule has 5 heterocycles. The second kappa shape index (κ2) is 4.97. The van der Waals surface area contributed by atoms with Gasteiger partial charge in [-0.15, -0.1) is 0 Å². The molecular weight excluding hydrogens is 394 g/mol. The highest BCUT2D eigenvalue weighted by atomic mass is 79.9. The maximum Gasteiger partial charge on any atom is 0.267 e. The standard InChI is InChI=1S/C20H24BrN3O2/c1-4-19-11-22-9-18(3,16(19)25)10-23(12-19)20(22)14-8-13(21)6-7-15(14)24(5-2)17(20)26/h6-8H,4-5,9-12H2,1-3H3. The number of Topliss-reactive ketones (excluding diaryl/α,β-unsaturated/α-hetero) is 1. The Balaban J connectivity index is 1.74. The Morgan fingerprint density at radius 3 is 2.31 bits per heavy atom. The Bertz CT molecular complexity index is 835. The van der Waals surface area contributed by atoms with Gasteiger partial charge in [-0.2, -0.15) is 0 Å².